The molecule has 0 aliphatic heterocycles. The van der Waals surface area contributed by atoms with E-state index in [2.05, 4.69) is 0 Å². The first kappa shape index (κ1) is 11.9. The Labute approximate surface area is 75.0 Å². The SMILES string of the molecule is CCCN(CCC)C(O)(O)CC. The monoisotopic (exact) mass is 175 g/mol. The molecule has 0 aromatic heterocycles. The topological polar surface area (TPSA) is 43.7 Å². The van der Waals surface area contributed by atoms with Crippen LogP contribution in [0.1, 0.15) is 40.0 Å². The van der Waals surface area contributed by atoms with Gasteiger partial charge in [0.25, 0.3) is 0 Å². The summed E-state index contributed by atoms with van der Waals surface area (Å²) in [5.41, 5.74) is 0. The van der Waals surface area contributed by atoms with E-state index in [1.54, 1.807) is 11.8 Å². The van der Waals surface area contributed by atoms with Gasteiger partial charge in [0.1, 0.15) is 0 Å². The van der Waals surface area contributed by atoms with Crippen LogP contribution < -0.4 is 0 Å². The molecule has 2 N–H and O–H groups in total. The van der Waals surface area contributed by atoms with Crippen LogP contribution in [0, 0.1) is 0 Å². The first-order valence-electron chi connectivity index (χ1n) is 4.78. The van der Waals surface area contributed by atoms with Gasteiger partial charge in [-0.3, -0.25) is 4.90 Å². The lowest BCUT2D eigenvalue weighted by molar-refractivity contribution is -0.265. The van der Waals surface area contributed by atoms with E-state index < -0.39 is 5.91 Å². The van der Waals surface area contributed by atoms with Gasteiger partial charge in [-0.25, -0.2) is 0 Å². The molecule has 0 unspecified atom stereocenters. The van der Waals surface area contributed by atoms with Crippen LogP contribution in [-0.2, 0) is 0 Å². The molecule has 12 heavy (non-hydrogen) atoms. The molecule has 0 heterocycles. The molecule has 0 saturated heterocycles. The van der Waals surface area contributed by atoms with Gasteiger partial charge in [0.2, 0.25) is 5.91 Å². The number of hydrogen-bond donors (Lipinski definition) is 2. The third-order valence-corrected chi connectivity index (χ3v) is 1.97. The van der Waals surface area contributed by atoms with E-state index in [1.807, 2.05) is 13.8 Å². The molecule has 3 nitrogen and oxygen atoms in total. The average molecular weight is 175 g/mol. The normalized spacial score (nSPS) is 12.5. The highest BCUT2D eigenvalue weighted by atomic mass is 16.5. The molecular formula is C9H21NO2. The molecule has 0 fully saturated rings. The lowest BCUT2D eigenvalue weighted by Gasteiger charge is -2.33. The largest absolute Gasteiger partial charge is 0.353 e. The van der Waals surface area contributed by atoms with E-state index in [0.717, 1.165) is 25.9 Å². The Morgan fingerprint density at radius 2 is 1.42 bits per heavy atom. The lowest BCUT2D eigenvalue weighted by atomic mass is 10.2. The number of hydrogen-bond acceptors (Lipinski definition) is 3. The van der Waals surface area contributed by atoms with E-state index in [0.29, 0.717) is 6.42 Å². The van der Waals surface area contributed by atoms with Gasteiger partial charge in [0, 0.05) is 19.5 Å². The van der Waals surface area contributed by atoms with Crippen LogP contribution in [0.2, 0.25) is 0 Å². The molecule has 0 aliphatic carbocycles. The van der Waals surface area contributed by atoms with Crippen molar-refractivity contribution in [1.82, 2.24) is 4.90 Å². The predicted octanol–water partition coefficient (Wildman–Crippen LogP) is 1.16. The standard InChI is InChI=1S/C9H21NO2/c1-4-7-10(8-5-2)9(11,12)6-3/h11-12H,4-8H2,1-3H3. The molecule has 0 atom stereocenters. The maximum Gasteiger partial charge on any atom is 0.224 e. The van der Waals surface area contributed by atoms with Crippen molar-refractivity contribution in [2.75, 3.05) is 13.1 Å². The van der Waals surface area contributed by atoms with Gasteiger partial charge in [0.15, 0.2) is 0 Å². The van der Waals surface area contributed by atoms with Crippen LogP contribution >= 0.6 is 0 Å². The van der Waals surface area contributed by atoms with Gasteiger partial charge in [-0.2, -0.15) is 0 Å². The van der Waals surface area contributed by atoms with E-state index in [-0.39, 0.29) is 0 Å². The Morgan fingerprint density at radius 3 is 1.67 bits per heavy atom. The van der Waals surface area contributed by atoms with Crippen molar-refractivity contribution >= 4 is 0 Å². The maximum atomic E-state index is 9.53. The van der Waals surface area contributed by atoms with Crippen LogP contribution in [-0.4, -0.2) is 34.1 Å². The predicted molar refractivity (Wildman–Crippen MR) is 49.6 cm³/mol. The van der Waals surface area contributed by atoms with Crippen LogP contribution in [0.3, 0.4) is 0 Å². The molecule has 0 bridgehead atoms. The molecule has 0 aromatic carbocycles. The summed E-state index contributed by atoms with van der Waals surface area (Å²) in [6.45, 7) is 7.34. The summed E-state index contributed by atoms with van der Waals surface area (Å²) < 4.78 is 0. The second-order valence-corrected chi connectivity index (χ2v) is 3.11. The fourth-order valence-corrected chi connectivity index (χ4v) is 1.23. The Morgan fingerprint density at radius 1 is 1.00 bits per heavy atom. The first-order valence-corrected chi connectivity index (χ1v) is 4.78. The number of rotatable bonds is 6. The smallest absolute Gasteiger partial charge is 0.224 e. The van der Waals surface area contributed by atoms with E-state index >= 15 is 0 Å². The van der Waals surface area contributed by atoms with Crippen LogP contribution in [0.25, 0.3) is 0 Å². The van der Waals surface area contributed by atoms with Gasteiger partial charge in [-0.1, -0.05) is 20.8 Å². The van der Waals surface area contributed by atoms with Crippen LogP contribution in [0.4, 0.5) is 0 Å². The second-order valence-electron chi connectivity index (χ2n) is 3.11. The molecular weight excluding hydrogens is 154 g/mol. The molecule has 0 aliphatic rings. The Bertz CT molecular complexity index is 109. The minimum absolute atomic E-state index is 0.354. The summed E-state index contributed by atoms with van der Waals surface area (Å²) in [6.07, 6.45) is 2.25. The molecule has 0 radical (unpaired) electrons. The van der Waals surface area contributed by atoms with E-state index in [4.69, 9.17) is 0 Å². The summed E-state index contributed by atoms with van der Waals surface area (Å²) in [5.74, 6) is -1.61. The Kier molecular flexibility index (Phi) is 5.46. The maximum absolute atomic E-state index is 9.53. The van der Waals surface area contributed by atoms with Crippen molar-refractivity contribution in [1.29, 1.82) is 0 Å². The van der Waals surface area contributed by atoms with Gasteiger partial charge >= 0.3 is 0 Å². The molecule has 0 aromatic rings. The quantitative estimate of drug-likeness (QED) is 0.595. The van der Waals surface area contributed by atoms with Gasteiger partial charge < -0.3 is 10.2 Å². The minimum Gasteiger partial charge on any atom is -0.353 e. The van der Waals surface area contributed by atoms with Crippen molar-refractivity contribution in [2.45, 2.75) is 45.9 Å². The van der Waals surface area contributed by atoms with Crippen LogP contribution in [0.15, 0.2) is 0 Å². The minimum atomic E-state index is -1.61. The third kappa shape index (κ3) is 3.52. The van der Waals surface area contributed by atoms with Gasteiger partial charge in [0.05, 0.1) is 0 Å². The van der Waals surface area contributed by atoms with Crippen molar-refractivity contribution in [3.63, 3.8) is 0 Å². The van der Waals surface area contributed by atoms with Crippen molar-refractivity contribution < 1.29 is 10.2 Å². The average Bonchev–Trinajstić information content (AvgIpc) is 2.04. The molecule has 0 amide bonds. The van der Waals surface area contributed by atoms with Crippen molar-refractivity contribution in [3.05, 3.63) is 0 Å². The highest BCUT2D eigenvalue weighted by Crippen LogP contribution is 2.13. The highest BCUT2D eigenvalue weighted by molar-refractivity contribution is 4.65. The van der Waals surface area contributed by atoms with E-state index in [9.17, 15) is 10.2 Å². The number of aliphatic hydroxyl groups is 2. The summed E-state index contributed by atoms with van der Waals surface area (Å²) >= 11 is 0. The van der Waals surface area contributed by atoms with E-state index in [1.165, 1.54) is 0 Å². The first-order chi connectivity index (χ1) is 5.58. The molecule has 0 spiro atoms. The lowest BCUT2D eigenvalue weighted by Crippen LogP contribution is -2.48. The number of nitrogens with zero attached hydrogens (tertiary/aromatic N) is 1. The third-order valence-electron chi connectivity index (χ3n) is 1.97. The Hall–Kier alpha value is -0.120. The zero-order valence-corrected chi connectivity index (χ0v) is 8.38. The highest BCUT2D eigenvalue weighted by Gasteiger charge is 2.27. The Balaban J connectivity index is 4.07. The molecule has 0 rings (SSSR count). The summed E-state index contributed by atoms with van der Waals surface area (Å²) in [6, 6.07) is 0. The summed E-state index contributed by atoms with van der Waals surface area (Å²) in [7, 11) is 0. The summed E-state index contributed by atoms with van der Waals surface area (Å²) in [5, 5.41) is 19.1. The fraction of sp³-hybridized carbons (Fsp3) is 1.00. The molecule has 0 saturated carbocycles. The fourth-order valence-electron chi connectivity index (χ4n) is 1.23. The second kappa shape index (κ2) is 5.51. The molecule has 3 heteroatoms. The van der Waals surface area contributed by atoms with Crippen molar-refractivity contribution in [3.8, 4) is 0 Å². The zero-order valence-electron chi connectivity index (χ0n) is 8.38. The van der Waals surface area contributed by atoms with Gasteiger partial charge in [-0.05, 0) is 12.8 Å². The van der Waals surface area contributed by atoms with Crippen LogP contribution in [0.5, 0.6) is 0 Å². The van der Waals surface area contributed by atoms with Crippen molar-refractivity contribution in [2.24, 2.45) is 0 Å². The zero-order chi connectivity index (χ0) is 9.61. The van der Waals surface area contributed by atoms with Gasteiger partial charge in [-0.15, -0.1) is 0 Å². The summed E-state index contributed by atoms with van der Waals surface area (Å²) in [4.78, 5) is 1.72. The molecule has 74 valence electrons.